The molecule has 0 aromatic carbocycles. The zero-order chi connectivity index (χ0) is 12.6. The summed E-state index contributed by atoms with van der Waals surface area (Å²) < 4.78 is 23.9. The van der Waals surface area contributed by atoms with Gasteiger partial charge in [0.15, 0.2) is 0 Å². The highest BCUT2D eigenvalue weighted by Crippen LogP contribution is 2.25. The van der Waals surface area contributed by atoms with E-state index in [1.165, 1.54) is 10.6 Å². The van der Waals surface area contributed by atoms with Crippen molar-refractivity contribution in [3.05, 3.63) is 0 Å². The van der Waals surface area contributed by atoms with Crippen LogP contribution in [0.5, 0.6) is 0 Å². The van der Waals surface area contributed by atoms with Gasteiger partial charge >= 0.3 is 0 Å². The Morgan fingerprint density at radius 1 is 1.18 bits per heavy atom. The van der Waals surface area contributed by atoms with E-state index in [9.17, 15) is 18.0 Å². The molecule has 0 spiro atoms. The molecule has 0 aromatic heterocycles. The van der Waals surface area contributed by atoms with E-state index in [4.69, 9.17) is 0 Å². The molecule has 1 saturated heterocycles. The maximum absolute atomic E-state index is 11.9. The molecule has 0 unspecified atom stereocenters. The molecule has 2 rings (SSSR count). The van der Waals surface area contributed by atoms with E-state index in [1.54, 1.807) is 4.90 Å². The van der Waals surface area contributed by atoms with Gasteiger partial charge in [-0.15, -0.1) is 0 Å². The highest BCUT2D eigenvalue weighted by Gasteiger charge is 2.37. The summed E-state index contributed by atoms with van der Waals surface area (Å²) in [5.74, 6) is -0.0249. The molecule has 1 heterocycles. The van der Waals surface area contributed by atoms with Crippen molar-refractivity contribution in [3.63, 3.8) is 0 Å². The highest BCUT2D eigenvalue weighted by atomic mass is 32.2. The van der Waals surface area contributed by atoms with Crippen molar-refractivity contribution < 1.29 is 18.0 Å². The van der Waals surface area contributed by atoms with Gasteiger partial charge in [0, 0.05) is 39.0 Å². The quantitative estimate of drug-likeness (QED) is 0.643. The third-order valence-corrected chi connectivity index (χ3v) is 4.62. The monoisotopic (exact) mass is 260 g/mol. The minimum absolute atomic E-state index is 0.00208. The van der Waals surface area contributed by atoms with Crippen LogP contribution in [0, 0.1) is 5.92 Å². The van der Waals surface area contributed by atoms with Gasteiger partial charge in [0.1, 0.15) is 5.78 Å². The van der Waals surface area contributed by atoms with Crippen LogP contribution in [0.25, 0.3) is 0 Å². The third-order valence-electron chi connectivity index (χ3n) is 3.32. The number of ketones is 1. The van der Waals surface area contributed by atoms with Crippen molar-refractivity contribution in [1.82, 2.24) is 9.21 Å². The number of hydrogen-bond donors (Lipinski definition) is 0. The third kappa shape index (κ3) is 2.66. The van der Waals surface area contributed by atoms with E-state index in [-0.39, 0.29) is 17.6 Å². The van der Waals surface area contributed by atoms with E-state index in [0.29, 0.717) is 39.0 Å². The van der Waals surface area contributed by atoms with Gasteiger partial charge in [-0.1, -0.05) is 0 Å². The van der Waals surface area contributed by atoms with Crippen LogP contribution in [0.2, 0.25) is 0 Å². The number of nitrogens with zero attached hydrogens (tertiary/aromatic N) is 2. The minimum atomic E-state index is -3.15. The number of Topliss-reactive ketones (excluding diaryl/α,β-unsaturated/α-hetero) is 1. The van der Waals surface area contributed by atoms with Crippen molar-refractivity contribution in [2.75, 3.05) is 32.4 Å². The number of rotatable bonds is 2. The van der Waals surface area contributed by atoms with Crippen LogP contribution >= 0.6 is 0 Å². The molecule has 0 atom stereocenters. The Balaban J connectivity index is 1.87. The van der Waals surface area contributed by atoms with Crippen molar-refractivity contribution in [2.24, 2.45) is 5.92 Å². The van der Waals surface area contributed by atoms with Gasteiger partial charge in [0.25, 0.3) is 0 Å². The van der Waals surface area contributed by atoms with Crippen LogP contribution in [0.4, 0.5) is 0 Å². The normalized spacial score (nSPS) is 23.6. The molecule has 17 heavy (non-hydrogen) atoms. The van der Waals surface area contributed by atoms with Gasteiger partial charge in [-0.05, 0) is 0 Å². The second-order valence-electron chi connectivity index (χ2n) is 4.63. The first-order valence-electron chi connectivity index (χ1n) is 5.63. The number of carbonyl (C=O) groups is 2. The molecule has 1 saturated carbocycles. The van der Waals surface area contributed by atoms with E-state index < -0.39 is 10.0 Å². The van der Waals surface area contributed by atoms with E-state index in [1.807, 2.05) is 0 Å². The summed E-state index contributed by atoms with van der Waals surface area (Å²) in [6.07, 6.45) is 1.88. The summed E-state index contributed by atoms with van der Waals surface area (Å²) in [6.45, 7) is 1.56. The van der Waals surface area contributed by atoms with Crippen LogP contribution < -0.4 is 0 Å². The molecular formula is C10H16N2O4S. The lowest BCUT2D eigenvalue weighted by atomic mass is 9.83. The number of piperazine rings is 1. The Kier molecular flexibility index (Phi) is 3.22. The first-order valence-corrected chi connectivity index (χ1v) is 7.48. The molecule has 2 fully saturated rings. The Labute approximate surface area is 101 Å². The largest absolute Gasteiger partial charge is 0.340 e. The lowest BCUT2D eigenvalue weighted by Crippen LogP contribution is -2.53. The summed E-state index contributed by atoms with van der Waals surface area (Å²) in [7, 11) is -3.15. The first kappa shape index (κ1) is 12.5. The van der Waals surface area contributed by atoms with Crippen molar-refractivity contribution in [1.29, 1.82) is 0 Å². The van der Waals surface area contributed by atoms with Crippen molar-refractivity contribution in [2.45, 2.75) is 12.8 Å². The molecule has 0 bridgehead atoms. The maximum atomic E-state index is 11.9. The summed E-state index contributed by atoms with van der Waals surface area (Å²) in [5, 5.41) is 0. The molecular weight excluding hydrogens is 244 g/mol. The lowest BCUT2D eigenvalue weighted by molar-refractivity contribution is -0.145. The number of hydrogen-bond acceptors (Lipinski definition) is 4. The van der Waals surface area contributed by atoms with Gasteiger partial charge in [-0.3, -0.25) is 9.59 Å². The predicted octanol–water partition coefficient (Wildman–Crippen LogP) is -0.931. The van der Waals surface area contributed by atoms with Gasteiger partial charge in [-0.2, -0.15) is 4.31 Å². The second-order valence-corrected chi connectivity index (χ2v) is 6.61. The zero-order valence-corrected chi connectivity index (χ0v) is 10.6. The smallest absolute Gasteiger partial charge is 0.226 e. The first-order chi connectivity index (χ1) is 7.88. The summed E-state index contributed by atoms with van der Waals surface area (Å²) in [5.41, 5.74) is 0. The molecule has 2 aliphatic rings. The standard InChI is InChI=1S/C10H16N2O4S/c1-17(15,16)12-4-2-11(3-5-12)10(14)8-6-9(13)7-8/h8H,2-7H2,1H3. The molecule has 1 aliphatic heterocycles. The van der Waals surface area contributed by atoms with Crippen molar-refractivity contribution in [3.8, 4) is 0 Å². The molecule has 1 amide bonds. The molecule has 1 aliphatic carbocycles. The topological polar surface area (TPSA) is 74.8 Å². The fraction of sp³-hybridized carbons (Fsp3) is 0.800. The molecule has 6 nitrogen and oxygen atoms in total. The second kappa shape index (κ2) is 4.38. The fourth-order valence-electron chi connectivity index (χ4n) is 2.16. The van der Waals surface area contributed by atoms with Crippen LogP contribution in [0.15, 0.2) is 0 Å². The number of amides is 1. The Hall–Kier alpha value is -0.950. The van der Waals surface area contributed by atoms with Crippen LogP contribution in [0.1, 0.15) is 12.8 Å². The van der Waals surface area contributed by atoms with Crippen LogP contribution in [0.3, 0.4) is 0 Å². The average Bonchev–Trinajstić information content (AvgIpc) is 2.23. The van der Waals surface area contributed by atoms with Gasteiger partial charge < -0.3 is 4.90 Å². The van der Waals surface area contributed by atoms with Gasteiger partial charge in [-0.25, -0.2) is 8.42 Å². The van der Waals surface area contributed by atoms with Gasteiger partial charge in [0.2, 0.25) is 15.9 Å². The minimum Gasteiger partial charge on any atom is -0.340 e. The van der Waals surface area contributed by atoms with Gasteiger partial charge in [0.05, 0.1) is 12.2 Å². The summed E-state index contributed by atoms with van der Waals surface area (Å²) in [4.78, 5) is 24.4. The molecule has 7 heteroatoms. The van der Waals surface area contributed by atoms with Crippen LogP contribution in [-0.4, -0.2) is 61.7 Å². The zero-order valence-electron chi connectivity index (χ0n) is 9.76. The van der Waals surface area contributed by atoms with E-state index >= 15 is 0 Å². The molecule has 0 radical (unpaired) electrons. The molecule has 0 aromatic rings. The fourth-order valence-corrected chi connectivity index (χ4v) is 2.99. The lowest BCUT2D eigenvalue weighted by Gasteiger charge is -2.36. The Bertz CT molecular complexity index is 429. The molecule has 96 valence electrons. The van der Waals surface area contributed by atoms with E-state index in [0.717, 1.165) is 0 Å². The van der Waals surface area contributed by atoms with Crippen LogP contribution in [-0.2, 0) is 19.6 Å². The summed E-state index contributed by atoms with van der Waals surface area (Å²) >= 11 is 0. The Morgan fingerprint density at radius 2 is 1.71 bits per heavy atom. The maximum Gasteiger partial charge on any atom is 0.226 e. The number of carbonyl (C=O) groups excluding carboxylic acids is 2. The SMILES string of the molecule is CS(=O)(=O)N1CCN(C(=O)C2CC(=O)C2)CC1. The highest BCUT2D eigenvalue weighted by molar-refractivity contribution is 7.88. The van der Waals surface area contributed by atoms with E-state index in [2.05, 4.69) is 0 Å². The van der Waals surface area contributed by atoms with Crippen molar-refractivity contribution >= 4 is 21.7 Å². The Morgan fingerprint density at radius 3 is 2.12 bits per heavy atom. The summed E-state index contributed by atoms with van der Waals surface area (Å²) in [6, 6.07) is 0. The predicted molar refractivity (Wildman–Crippen MR) is 60.7 cm³/mol. The average molecular weight is 260 g/mol. The molecule has 0 N–H and O–H groups in total. The number of sulfonamides is 1.